The van der Waals surface area contributed by atoms with Crippen molar-refractivity contribution in [2.75, 3.05) is 12.5 Å². The number of fused-ring (bicyclic) bond motifs is 1. The number of aryl methyl sites for hydroxylation is 2. The molecule has 1 atom stereocenters. The van der Waals surface area contributed by atoms with Gasteiger partial charge in [-0.05, 0) is 31.0 Å². The number of halogens is 1. The highest BCUT2D eigenvalue weighted by Crippen LogP contribution is 2.31. The van der Waals surface area contributed by atoms with Crippen LogP contribution in [0.3, 0.4) is 0 Å². The van der Waals surface area contributed by atoms with Gasteiger partial charge in [0.05, 0.1) is 29.8 Å². The number of hydrogen-bond acceptors (Lipinski definition) is 5. The fourth-order valence-electron chi connectivity index (χ4n) is 3.09. The normalized spacial score (nSPS) is 12.5. The first-order chi connectivity index (χ1) is 13.0. The number of benzene rings is 1. The minimum atomic E-state index is -0.814. The third-order valence-corrected chi connectivity index (χ3v) is 4.63. The second-order valence-electron chi connectivity index (χ2n) is 6.29. The number of alkyl halides is 1. The van der Waals surface area contributed by atoms with Gasteiger partial charge in [0.1, 0.15) is 17.1 Å². The van der Waals surface area contributed by atoms with Crippen LogP contribution >= 0.6 is 11.6 Å². The van der Waals surface area contributed by atoms with E-state index in [1.807, 2.05) is 6.92 Å². The van der Waals surface area contributed by atoms with Crippen molar-refractivity contribution >= 4 is 22.6 Å². The van der Waals surface area contributed by atoms with Gasteiger partial charge in [0, 0.05) is 7.05 Å². The predicted octanol–water partition coefficient (Wildman–Crippen LogP) is 2.95. The van der Waals surface area contributed by atoms with Crippen LogP contribution in [0.2, 0.25) is 0 Å². The van der Waals surface area contributed by atoms with Crippen molar-refractivity contribution in [2.45, 2.75) is 32.8 Å². The molecule has 0 saturated carbocycles. The standard InChI is InChI=1S/C19H23ClN4O3/c1-4-6-13-16-17(24(3)23-13)19(26)22-18(21-16)12-9-11(14(25)10-20)7-8-15(12)27-5-2/h7-9,14,25H,4-6,10H2,1-3H3,(H,21,22,26)/t14-/m0/s1. The molecule has 144 valence electrons. The lowest BCUT2D eigenvalue weighted by atomic mass is 10.0. The molecule has 0 fully saturated rings. The van der Waals surface area contributed by atoms with E-state index in [1.54, 1.807) is 29.9 Å². The number of aliphatic hydroxyl groups excluding tert-OH is 1. The summed E-state index contributed by atoms with van der Waals surface area (Å²) in [6, 6.07) is 5.26. The van der Waals surface area contributed by atoms with E-state index in [9.17, 15) is 9.90 Å². The van der Waals surface area contributed by atoms with Crippen molar-refractivity contribution in [3.05, 3.63) is 39.8 Å². The van der Waals surface area contributed by atoms with Crippen LogP contribution in [0.25, 0.3) is 22.4 Å². The van der Waals surface area contributed by atoms with Crippen LogP contribution in [0.1, 0.15) is 37.6 Å². The summed E-state index contributed by atoms with van der Waals surface area (Å²) in [7, 11) is 1.74. The van der Waals surface area contributed by atoms with Gasteiger partial charge in [-0.15, -0.1) is 11.6 Å². The first kappa shape index (κ1) is 19.4. The summed E-state index contributed by atoms with van der Waals surface area (Å²) in [6.45, 7) is 4.40. The molecule has 8 heteroatoms. The highest BCUT2D eigenvalue weighted by atomic mass is 35.5. The largest absolute Gasteiger partial charge is 0.493 e. The fourth-order valence-corrected chi connectivity index (χ4v) is 3.27. The van der Waals surface area contributed by atoms with Gasteiger partial charge in [0.25, 0.3) is 5.56 Å². The molecule has 2 heterocycles. The SMILES string of the molecule is CCCc1nn(C)c2c(=O)[nH]c(-c3cc([C@@H](O)CCl)ccc3OCC)nc12. The molecular formula is C19H23ClN4O3. The van der Waals surface area contributed by atoms with Crippen molar-refractivity contribution in [1.82, 2.24) is 19.7 Å². The maximum absolute atomic E-state index is 12.7. The van der Waals surface area contributed by atoms with E-state index in [4.69, 9.17) is 16.3 Å². The van der Waals surface area contributed by atoms with Crippen LogP contribution in [0.5, 0.6) is 5.75 Å². The molecular weight excluding hydrogens is 368 g/mol. The molecule has 0 aliphatic heterocycles. The number of nitrogens with zero attached hydrogens (tertiary/aromatic N) is 3. The van der Waals surface area contributed by atoms with Crippen LogP contribution in [-0.4, -0.2) is 37.3 Å². The lowest BCUT2D eigenvalue weighted by Crippen LogP contribution is -2.13. The first-order valence-electron chi connectivity index (χ1n) is 8.97. The van der Waals surface area contributed by atoms with Gasteiger partial charge in [-0.1, -0.05) is 19.4 Å². The zero-order chi connectivity index (χ0) is 19.6. The number of rotatable bonds is 7. The summed E-state index contributed by atoms with van der Waals surface area (Å²) in [5.41, 5.74) is 2.78. The number of aliphatic hydroxyl groups is 1. The molecule has 0 radical (unpaired) electrons. The molecule has 0 unspecified atom stereocenters. The van der Waals surface area contributed by atoms with Gasteiger partial charge in [-0.2, -0.15) is 5.10 Å². The molecule has 0 bridgehead atoms. The Bertz CT molecular complexity index is 1010. The Morgan fingerprint density at radius 3 is 2.81 bits per heavy atom. The smallest absolute Gasteiger partial charge is 0.277 e. The third kappa shape index (κ3) is 3.70. The maximum Gasteiger partial charge on any atom is 0.277 e. The minimum absolute atomic E-state index is 0.0691. The summed E-state index contributed by atoms with van der Waals surface area (Å²) in [5, 5.41) is 14.5. The fraction of sp³-hybridized carbons (Fsp3) is 0.421. The van der Waals surface area contributed by atoms with Crippen molar-refractivity contribution in [2.24, 2.45) is 7.05 Å². The maximum atomic E-state index is 12.7. The average molecular weight is 391 g/mol. The molecule has 3 aromatic rings. The zero-order valence-corrected chi connectivity index (χ0v) is 16.4. The summed E-state index contributed by atoms with van der Waals surface area (Å²) < 4.78 is 7.26. The Balaban J connectivity index is 2.24. The van der Waals surface area contributed by atoms with Crippen molar-refractivity contribution < 1.29 is 9.84 Å². The minimum Gasteiger partial charge on any atom is -0.493 e. The Kier molecular flexibility index (Phi) is 5.82. The zero-order valence-electron chi connectivity index (χ0n) is 15.6. The molecule has 0 aliphatic rings. The topological polar surface area (TPSA) is 93.0 Å². The molecule has 0 spiro atoms. The van der Waals surface area contributed by atoms with Gasteiger partial charge in [0.15, 0.2) is 5.52 Å². The highest BCUT2D eigenvalue weighted by Gasteiger charge is 2.18. The van der Waals surface area contributed by atoms with Gasteiger partial charge in [0.2, 0.25) is 0 Å². The Morgan fingerprint density at radius 1 is 1.37 bits per heavy atom. The lowest BCUT2D eigenvalue weighted by Gasteiger charge is -2.14. The van der Waals surface area contributed by atoms with E-state index < -0.39 is 6.10 Å². The summed E-state index contributed by atoms with van der Waals surface area (Å²) >= 11 is 5.78. The first-order valence-corrected chi connectivity index (χ1v) is 9.50. The monoisotopic (exact) mass is 390 g/mol. The van der Waals surface area contributed by atoms with E-state index >= 15 is 0 Å². The van der Waals surface area contributed by atoms with Crippen LogP contribution in [0.15, 0.2) is 23.0 Å². The molecule has 3 rings (SSSR count). The van der Waals surface area contributed by atoms with Gasteiger partial charge in [-0.25, -0.2) is 4.98 Å². The lowest BCUT2D eigenvalue weighted by molar-refractivity contribution is 0.202. The van der Waals surface area contributed by atoms with Crippen molar-refractivity contribution in [1.29, 1.82) is 0 Å². The van der Waals surface area contributed by atoms with E-state index in [0.717, 1.165) is 18.5 Å². The Labute approximate surface area is 162 Å². The van der Waals surface area contributed by atoms with Crippen molar-refractivity contribution in [3.8, 4) is 17.1 Å². The number of aromatic amines is 1. The molecule has 0 aliphatic carbocycles. The van der Waals surface area contributed by atoms with E-state index in [1.165, 1.54) is 0 Å². The van der Waals surface area contributed by atoms with Gasteiger partial charge >= 0.3 is 0 Å². The van der Waals surface area contributed by atoms with Crippen LogP contribution in [0.4, 0.5) is 0 Å². The van der Waals surface area contributed by atoms with Crippen LogP contribution < -0.4 is 10.3 Å². The van der Waals surface area contributed by atoms with E-state index in [2.05, 4.69) is 22.0 Å². The summed E-state index contributed by atoms with van der Waals surface area (Å²) in [6.07, 6.45) is 0.819. The molecule has 2 aromatic heterocycles. The molecule has 27 heavy (non-hydrogen) atoms. The van der Waals surface area contributed by atoms with Gasteiger partial charge < -0.3 is 14.8 Å². The highest BCUT2D eigenvalue weighted by molar-refractivity contribution is 6.18. The quantitative estimate of drug-likeness (QED) is 0.605. The Hall–Kier alpha value is -2.38. The Morgan fingerprint density at radius 2 is 2.15 bits per heavy atom. The van der Waals surface area contributed by atoms with Crippen LogP contribution in [-0.2, 0) is 13.5 Å². The number of nitrogens with one attached hydrogen (secondary N) is 1. The van der Waals surface area contributed by atoms with E-state index in [0.29, 0.717) is 40.3 Å². The van der Waals surface area contributed by atoms with E-state index in [-0.39, 0.29) is 11.4 Å². The molecule has 7 nitrogen and oxygen atoms in total. The molecule has 0 amide bonds. The third-order valence-electron chi connectivity index (χ3n) is 4.34. The number of ether oxygens (including phenoxy) is 1. The predicted molar refractivity (Wildman–Crippen MR) is 105 cm³/mol. The second-order valence-corrected chi connectivity index (χ2v) is 6.60. The van der Waals surface area contributed by atoms with Gasteiger partial charge in [-0.3, -0.25) is 9.48 Å². The summed E-state index contributed by atoms with van der Waals surface area (Å²) in [4.78, 5) is 20.2. The molecule has 0 saturated heterocycles. The number of H-pyrrole nitrogens is 1. The second kappa shape index (κ2) is 8.10. The molecule has 2 N–H and O–H groups in total. The molecule has 1 aromatic carbocycles. The number of aromatic nitrogens is 4. The average Bonchev–Trinajstić information content (AvgIpc) is 2.98. The van der Waals surface area contributed by atoms with Crippen molar-refractivity contribution in [3.63, 3.8) is 0 Å². The van der Waals surface area contributed by atoms with Crippen LogP contribution in [0, 0.1) is 0 Å². The number of hydrogen-bond donors (Lipinski definition) is 2. The summed E-state index contributed by atoms with van der Waals surface area (Å²) in [5.74, 6) is 1.02.